The van der Waals surface area contributed by atoms with Gasteiger partial charge in [0.2, 0.25) is 0 Å². The number of aromatic nitrogens is 3. The summed E-state index contributed by atoms with van der Waals surface area (Å²) in [6.45, 7) is 0. The van der Waals surface area contributed by atoms with Gasteiger partial charge in [0.25, 0.3) is 5.89 Å². The van der Waals surface area contributed by atoms with Gasteiger partial charge in [-0.25, -0.2) is 4.39 Å². The molecule has 0 atom stereocenters. The molecule has 6 heteroatoms. The molecule has 3 rings (SSSR count). The fourth-order valence-electron chi connectivity index (χ4n) is 1.58. The van der Waals surface area contributed by atoms with Crippen LogP contribution in [0.15, 0.2) is 28.7 Å². The smallest absolute Gasteiger partial charge is 0.313 e. The first-order valence-corrected chi connectivity index (χ1v) is 4.60. The Morgan fingerprint density at radius 1 is 1.31 bits per heavy atom. The van der Waals surface area contributed by atoms with Crippen molar-refractivity contribution in [2.45, 2.75) is 0 Å². The molecule has 0 fully saturated rings. The highest BCUT2D eigenvalue weighted by atomic mass is 19.1. The summed E-state index contributed by atoms with van der Waals surface area (Å²) in [6, 6.07) is 6.51. The molecule has 0 aliphatic carbocycles. The van der Waals surface area contributed by atoms with E-state index in [1.807, 2.05) is 0 Å². The Balaban J connectivity index is 2.22. The van der Waals surface area contributed by atoms with Crippen LogP contribution >= 0.6 is 0 Å². The Morgan fingerprint density at radius 2 is 2.19 bits per heavy atom. The molecule has 0 saturated heterocycles. The van der Waals surface area contributed by atoms with Crippen molar-refractivity contribution in [2.24, 2.45) is 0 Å². The molecule has 3 N–H and O–H groups in total. The Morgan fingerprint density at radius 3 is 2.88 bits per heavy atom. The van der Waals surface area contributed by atoms with Crippen molar-refractivity contribution < 1.29 is 8.81 Å². The Kier molecular flexibility index (Phi) is 1.70. The van der Waals surface area contributed by atoms with Crippen molar-refractivity contribution in [3.05, 3.63) is 30.1 Å². The number of halogens is 1. The summed E-state index contributed by atoms with van der Waals surface area (Å²) in [5.41, 5.74) is 6.27. The Bertz CT molecular complexity index is 658. The van der Waals surface area contributed by atoms with Gasteiger partial charge in [0.1, 0.15) is 11.5 Å². The number of aromatic amines is 1. The van der Waals surface area contributed by atoms with Gasteiger partial charge in [0.05, 0.1) is 5.52 Å². The third-order valence-corrected chi connectivity index (χ3v) is 2.28. The van der Waals surface area contributed by atoms with Crippen molar-refractivity contribution in [3.63, 3.8) is 0 Å². The predicted molar refractivity (Wildman–Crippen MR) is 56.0 cm³/mol. The first kappa shape index (κ1) is 8.90. The number of nitrogen functional groups attached to an aromatic ring is 1. The molecule has 0 bridgehead atoms. The highest BCUT2D eigenvalue weighted by molar-refractivity contribution is 5.84. The third-order valence-electron chi connectivity index (χ3n) is 2.28. The van der Waals surface area contributed by atoms with E-state index in [9.17, 15) is 4.39 Å². The second-order valence-corrected chi connectivity index (χ2v) is 3.33. The van der Waals surface area contributed by atoms with E-state index >= 15 is 0 Å². The zero-order chi connectivity index (χ0) is 11.1. The Hall–Kier alpha value is -2.37. The van der Waals surface area contributed by atoms with E-state index in [0.29, 0.717) is 11.2 Å². The molecule has 0 saturated carbocycles. The maximum Gasteiger partial charge on any atom is 0.313 e. The van der Waals surface area contributed by atoms with Crippen LogP contribution in [-0.4, -0.2) is 15.2 Å². The summed E-state index contributed by atoms with van der Waals surface area (Å²) in [5, 5.41) is 7.99. The molecule has 5 nitrogen and oxygen atoms in total. The lowest BCUT2D eigenvalue weighted by Gasteiger charge is -1.89. The number of rotatable bonds is 1. The summed E-state index contributed by atoms with van der Waals surface area (Å²) in [4.78, 5) is 2.87. The van der Waals surface area contributed by atoms with Gasteiger partial charge >= 0.3 is 6.01 Å². The number of benzene rings is 1. The third kappa shape index (κ3) is 1.23. The molecule has 2 heterocycles. The maximum atomic E-state index is 13.4. The lowest BCUT2D eigenvalue weighted by atomic mass is 10.2. The van der Waals surface area contributed by atoms with Gasteiger partial charge in [-0.15, -0.1) is 5.10 Å². The fourth-order valence-corrected chi connectivity index (χ4v) is 1.58. The maximum absolute atomic E-state index is 13.4. The number of nitrogens with one attached hydrogen (secondary N) is 1. The zero-order valence-corrected chi connectivity index (χ0v) is 8.07. The minimum absolute atomic E-state index is 0.0193. The number of hydrogen-bond donors (Lipinski definition) is 2. The van der Waals surface area contributed by atoms with E-state index in [1.54, 1.807) is 18.2 Å². The molecule has 2 aromatic heterocycles. The molecule has 3 aromatic rings. The fraction of sp³-hybridized carbons (Fsp3) is 0. The minimum Gasteiger partial charge on any atom is -0.402 e. The highest BCUT2D eigenvalue weighted by Crippen LogP contribution is 2.24. The van der Waals surface area contributed by atoms with Gasteiger partial charge in [-0.05, 0) is 12.1 Å². The van der Waals surface area contributed by atoms with Crippen LogP contribution in [0.2, 0.25) is 0 Å². The first-order chi connectivity index (χ1) is 7.74. The molecule has 1 aromatic carbocycles. The van der Waals surface area contributed by atoms with E-state index < -0.39 is 0 Å². The first-order valence-electron chi connectivity index (χ1n) is 4.60. The second kappa shape index (κ2) is 3.06. The number of fused-ring (bicyclic) bond motifs is 1. The van der Waals surface area contributed by atoms with Gasteiger partial charge < -0.3 is 15.1 Å². The largest absolute Gasteiger partial charge is 0.402 e. The number of hydrogen-bond acceptors (Lipinski definition) is 4. The number of anilines is 1. The number of nitrogens with zero attached hydrogens (tertiary/aromatic N) is 2. The number of para-hydroxylation sites is 1. The van der Waals surface area contributed by atoms with E-state index in [2.05, 4.69) is 15.2 Å². The van der Waals surface area contributed by atoms with Gasteiger partial charge in [-0.3, -0.25) is 0 Å². The molecule has 0 aliphatic rings. The van der Waals surface area contributed by atoms with E-state index in [0.717, 1.165) is 5.39 Å². The zero-order valence-electron chi connectivity index (χ0n) is 8.07. The molecule has 0 radical (unpaired) electrons. The summed E-state index contributed by atoms with van der Waals surface area (Å²) in [7, 11) is 0. The van der Waals surface area contributed by atoms with E-state index in [1.165, 1.54) is 6.07 Å². The highest BCUT2D eigenvalue weighted by Gasteiger charge is 2.11. The number of H-pyrrole nitrogens is 1. The topological polar surface area (TPSA) is 80.7 Å². The summed E-state index contributed by atoms with van der Waals surface area (Å²) in [5.74, 6) is -0.0793. The van der Waals surface area contributed by atoms with E-state index in [-0.39, 0.29) is 17.7 Å². The van der Waals surface area contributed by atoms with E-state index in [4.69, 9.17) is 10.2 Å². The molecule has 0 spiro atoms. The van der Waals surface area contributed by atoms with Crippen LogP contribution in [0.1, 0.15) is 0 Å². The van der Waals surface area contributed by atoms with Crippen molar-refractivity contribution in [1.29, 1.82) is 0 Å². The monoisotopic (exact) mass is 218 g/mol. The molecule has 80 valence electrons. The minimum atomic E-state index is -0.323. The summed E-state index contributed by atoms with van der Waals surface area (Å²) < 4.78 is 18.4. The number of nitrogens with two attached hydrogens (primary N) is 1. The normalized spacial score (nSPS) is 11.1. The van der Waals surface area contributed by atoms with Gasteiger partial charge in [-0.1, -0.05) is 17.2 Å². The van der Waals surface area contributed by atoms with Gasteiger partial charge in [0, 0.05) is 5.39 Å². The van der Waals surface area contributed by atoms with Crippen LogP contribution in [-0.2, 0) is 0 Å². The average Bonchev–Trinajstić information content (AvgIpc) is 2.84. The second-order valence-electron chi connectivity index (χ2n) is 3.33. The van der Waals surface area contributed by atoms with Crippen molar-refractivity contribution in [1.82, 2.24) is 15.2 Å². The standard InChI is InChI=1S/C10H7FN4O/c11-6-3-1-2-5-4-7(13-8(5)6)9-14-15-10(12)16-9/h1-4,13H,(H2,12,15). The van der Waals surface area contributed by atoms with Crippen LogP contribution in [0.5, 0.6) is 0 Å². The molecule has 0 aliphatic heterocycles. The summed E-state index contributed by atoms with van der Waals surface area (Å²) >= 11 is 0. The molecular weight excluding hydrogens is 211 g/mol. The molecular formula is C10H7FN4O. The molecule has 0 unspecified atom stereocenters. The summed E-state index contributed by atoms with van der Waals surface area (Å²) in [6.07, 6.45) is 0. The van der Waals surface area contributed by atoms with Gasteiger partial charge in [0.15, 0.2) is 0 Å². The average molecular weight is 218 g/mol. The van der Waals surface area contributed by atoms with Crippen LogP contribution in [0.25, 0.3) is 22.5 Å². The molecule has 16 heavy (non-hydrogen) atoms. The lowest BCUT2D eigenvalue weighted by molar-refractivity contribution is 0.588. The van der Waals surface area contributed by atoms with Gasteiger partial charge in [-0.2, -0.15) is 0 Å². The SMILES string of the molecule is Nc1nnc(-c2cc3cccc(F)c3[nH]2)o1. The van der Waals surface area contributed by atoms with Crippen LogP contribution in [0.4, 0.5) is 10.4 Å². The quantitative estimate of drug-likeness (QED) is 0.654. The van der Waals surface area contributed by atoms with Crippen LogP contribution in [0.3, 0.4) is 0 Å². The van der Waals surface area contributed by atoms with Crippen LogP contribution < -0.4 is 5.73 Å². The van der Waals surface area contributed by atoms with Crippen molar-refractivity contribution >= 4 is 16.9 Å². The lowest BCUT2D eigenvalue weighted by Crippen LogP contribution is -1.81. The molecule has 0 amide bonds. The van der Waals surface area contributed by atoms with Crippen LogP contribution in [0, 0.1) is 5.82 Å². The van der Waals surface area contributed by atoms with Crippen molar-refractivity contribution in [3.8, 4) is 11.6 Å². The van der Waals surface area contributed by atoms with Crippen molar-refractivity contribution in [2.75, 3.05) is 5.73 Å². The Labute approximate surface area is 89.1 Å². The predicted octanol–water partition coefficient (Wildman–Crippen LogP) is 1.94.